The van der Waals surface area contributed by atoms with E-state index in [1.54, 1.807) is 23.6 Å². The molecule has 2 aliphatic carbocycles. The quantitative estimate of drug-likeness (QED) is 0.0547. The SMILES string of the molecule is Br.CCOC(=O)[C@@]12C[C@H]1/C=C\CCCCC[C@H](CC(=O)OC(C)(C)C)C(=O)N1C[C@@H]3CN(Cc4nc5ccccc5n4C)C[C@@H]3[C@H]1C(=O)N2.CCOC(=O)[C@@]12C[C@H]1/C=C\CCCCC[C@H](CC(=O)OC(C)(C)C)C(=O)N1C[C@@H]3CNC[C@@H]3[C@H]1C(=O)N2.Cn1c(CBr)nc2ccccc21. The molecule has 2 aromatic heterocycles. The number of ether oxygens (including phenoxy) is 4. The van der Waals surface area contributed by atoms with Gasteiger partial charge in [0.2, 0.25) is 23.6 Å². The summed E-state index contributed by atoms with van der Waals surface area (Å²) in [5, 5.41) is 10.3. The number of nitrogens with zero attached hydrogens (tertiary/aromatic N) is 7. The van der Waals surface area contributed by atoms with E-state index in [0.717, 1.165) is 91.4 Å². The molecule has 24 heteroatoms. The summed E-state index contributed by atoms with van der Waals surface area (Å²) in [6.07, 6.45) is 17.4. The van der Waals surface area contributed by atoms with Crippen LogP contribution in [0.2, 0.25) is 0 Å². The fourth-order valence-corrected chi connectivity index (χ4v) is 16.1. The molecule has 6 aliphatic heterocycles. The molecular weight excluding hydrogens is 1380 g/mol. The lowest BCUT2D eigenvalue weighted by atomic mass is 9.92. The summed E-state index contributed by atoms with van der Waals surface area (Å²) in [6, 6.07) is 14.8. The van der Waals surface area contributed by atoms with Crippen LogP contribution in [0, 0.1) is 47.3 Å². The number of fused-ring (bicyclic) bond motifs is 10. The van der Waals surface area contributed by atoms with Crippen LogP contribution >= 0.6 is 32.9 Å². The van der Waals surface area contributed by atoms with E-state index < -0.39 is 70.1 Å². The fraction of sp³-hybridized carbons (Fsp3) is 0.649. The minimum atomic E-state index is -1.13. The number of aryl methyl sites for hydroxylation is 2. The van der Waals surface area contributed by atoms with E-state index in [1.165, 1.54) is 5.52 Å². The first-order valence-electron chi connectivity index (χ1n) is 35.4. The van der Waals surface area contributed by atoms with Crippen LogP contribution in [-0.4, -0.2) is 168 Å². The summed E-state index contributed by atoms with van der Waals surface area (Å²) in [4.78, 5) is 124. The molecular formula is C74H104Br2N10O12. The Bertz CT molecular complexity index is 3600. The second-order valence-electron chi connectivity index (χ2n) is 29.9. The molecule has 0 unspecified atom stereocenters. The van der Waals surface area contributed by atoms with Crippen molar-refractivity contribution in [1.29, 1.82) is 0 Å². The third kappa shape index (κ3) is 17.6. The van der Waals surface area contributed by atoms with Gasteiger partial charge in [-0.05, 0) is 143 Å². The summed E-state index contributed by atoms with van der Waals surface area (Å²) < 4.78 is 26.2. The highest BCUT2D eigenvalue weighted by atomic mass is 79.9. The number of benzene rings is 2. The molecule has 4 aromatic rings. The van der Waals surface area contributed by atoms with Gasteiger partial charge in [0.1, 0.15) is 46.0 Å². The Morgan fingerprint density at radius 3 is 1.52 bits per heavy atom. The number of imidazole rings is 2. The van der Waals surface area contributed by atoms with Crippen molar-refractivity contribution in [3.05, 3.63) is 84.5 Å². The molecule has 2 aromatic carbocycles. The molecule has 12 rings (SSSR count). The molecule has 4 saturated heterocycles. The Morgan fingerprint density at radius 2 is 1.05 bits per heavy atom. The summed E-state index contributed by atoms with van der Waals surface area (Å²) >= 11 is 3.40. The molecule has 4 amide bonds. The van der Waals surface area contributed by atoms with E-state index in [4.69, 9.17) is 23.9 Å². The summed E-state index contributed by atoms with van der Waals surface area (Å²) in [5.74, 6) is -1.91. The van der Waals surface area contributed by atoms with Gasteiger partial charge in [0.05, 0.1) is 60.0 Å². The van der Waals surface area contributed by atoms with Crippen LogP contribution in [0.5, 0.6) is 0 Å². The average Bonchev–Trinajstić information content (AvgIpc) is 1.58. The van der Waals surface area contributed by atoms with E-state index in [0.29, 0.717) is 65.0 Å². The van der Waals surface area contributed by atoms with Gasteiger partial charge in [-0.25, -0.2) is 19.6 Å². The number of aromatic nitrogens is 4. The van der Waals surface area contributed by atoms with Gasteiger partial charge in [-0.3, -0.25) is 33.7 Å². The highest BCUT2D eigenvalue weighted by Crippen LogP contribution is 2.49. The number of alkyl halides is 1. The van der Waals surface area contributed by atoms with Gasteiger partial charge in [0.15, 0.2) is 0 Å². The molecule has 6 fully saturated rings. The van der Waals surface area contributed by atoms with Gasteiger partial charge in [-0.1, -0.05) is 90.2 Å². The summed E-state index contributed by atoms with van der Waals surface area (Å²) in [7, 11) is 4.06. The van der Waals surface area contributed by atoms with E-state index in [1.807, 2.05) is 104 Å². The van der Waals surface area contributed by atoms with Crippen molar-refractivity contribution in [2.24, 2.45) is 61.4 Å². The fourth-order valence-electron chi connectivity index (χ4n) is 15.6. The van der Waals surface area contributed by atoms with Gasteiger partial charge in [-0.2, -0.15) is 0 Å². The van der Waals surface area contributed by atoms with Crippen molar-refractivity contribution in [1.82, 2.24) is 49.8 Å². The molecule has 0 radical (unpaired) electrons. The van der Waals surface area contributed by atoms with E-state index >= 15 is 0 Å². The number of carbonyl (C=O) groups is 8. The second kappa shape index (κ2) is 32.4. The maximum absolute atomic E-state index is 14.5. The number of hydrogen-bond acceptors (Lipinski definition) is 16. The molecule has 3 N–H and O–H groups in total. The number of hydrogen-bond donors (Lipinski definition) is 3. The van der Waals surface area contributed by atoms with Crippen LogP contribution < -0.4 is 16.0 Å². The minimum Gasteiger partial charge on any atom is -0.464 e. The maximum Gasteiger partial charge on any atom is 0.332 e. The number of para-hydroxylation sites is 4. The smallest absolute Gasteiger partial charge is 0.332 e. The third-order valence-electron chi connectivity index (χ3n) is 20.6. The Balaban J connectivity index is 0.000000198. The van der Waals surface area contributed by atoms with Crippen LogP contribution in [0.3, 0.4) is 0 Å². The highest BCUT2D eigenvalue weighted by molar-refractivity contribution is 9.08. The molecule has 536 valence electrons. The third-order valence-corrected chi connectivity index (χ3v) is 21.1. The minimum absolute atomic E-state index is 0. The highest BCUT2D eigenvalue weighted by Gasteiger charge is 2.65. The first kappa shape index (κ1) is 75.7. The Kier molecular flexibility index (Phi) is 25.1. The van der Waals surface area contributed by atoms with E-state index in [9.17, 15) is 38.4 Å². The largest absolute Gasteiger partial charge is 0.464 e. The van der Waals surface area contributed by atoms with Crippen molar-refractivity contribution < 1.29 is 57.3 Å². The number of amides is 4. The predicted octanol–water partition coefficient (Wildman–Crippen LogP) is 9.52. The average molecular weight is 1490 g/mol. The number of nitrogens with one attached hydrogen (secondary N) is 3. The number of rotatable bonds is 11. The molecule has 12 atom stereocenters. The number of carbonyl (C=O) groups excluding carboxylic acids is 8. The molecule has 0 bridgehead atoms. The van der Waals surface area contributed by atoms with Gasteiger partial charge < -0.3 is 53.8 Å². The zero-order valence-corrected chi connectivity index (χ0v) is 62.3. The molecule has 22 nitrogen and oxygen atoms in total. The van der Waals surface area contributed by atoms with Crippen molar-refractivity contribution in [2.45, 2.75) is 192 Å². The van der Waals surface area contributed by atoms with Crippen LogP contribution in [0.4, 0.5) is 0 Å². The van der Waals surface area contributed by atoms with Crippen LogP contribution in [0.25, 0.3) is 22.1 Å². The standard InChI is InChI=1S/C37H51N5O6.C28H43N3O6.C9H9BrN2.BrH/c1-6-47-35(46)37-19-26(37)15-11-9-7-8-10-14-24(18-31(43)48-36(2,3)4)34(45)42-21-25-20-41(22-27(25)32(42)33(44)39-37)23-30-38-28-16-12-13-17-29(28)40(30)5;1-5-36-26(35)28-14-20(28)12-10-8-6-7-9-11-18(13-22(32)37-27(2,3)4)25(34)31-17-19-15-29-16-21(19)23(31)24(33)30-28;1-12-8-5-3-2-4-7(8)11-9(12)6-10;/h11-13,15-17,24-27,32H,6-10,14,18-23H2,1-5H3,(H,39,44);10,12,18-21,23,29H,5-9,11,13-17H2,1-4H3,(H,30,33);2-5H,6H2,1H3;1H/b15-11-;12-10-;;/t24-,25+,26-,27+,32+,37-;18-,19+,20-,21+,23+,28-;;/m11../s1. The predicted molar refractivity (Wildman–Crippen MR) is 381 cm³/mol. The van der Waals surface area contributed by atoms with Crippen molar-refractivity contribution in [2.75, 3.05) is 52.5 Å². The van der Waals surface area contributed by atoms with Crippen molar-refractivity contribution in [3.63, 3.8) is 0 Å². The Hall–Kier alpha value is -6.50. The molecule has 8 heterocycles. The maximum atomic E-state index is 14.5. The Labute approximate surface area is 596 Å². The van der Waals surface area contributed by atoms with Crippen molar-refractivity contribution in [3.8, 4) is 0 Å². The Morgan fingerprint density at radius 1 is 0.592 bits per heavy atom. The lowest BCUT2D eigenvalue weighted by molar-refractivity contribution is -0.159. The number of esters is 4. The normalized spacial score (nSPS) is 29.5. The summed E-state index contributed by atoms with van der Waals surface area (Å²) in [5.41, 5.74) is 0.772. The lowest BCUT2D eigenvalue weighted by Crippen LogP contribution is -2.56. The number of allylic oxidation sites excluding steroid dienone is 2. The first-order chi connectivity index (χ1) is 46.3. The van der Waals surface area contributed by atoms with Crippen molar-refractivity contribution >= 4 is 102 Å². The molecule has 8 aliphatic rings. The van der Waals surface area contributed by atoms with E-state index in [-0.39, 0.29) is 102 Å². The van der Waals surface area contributed by atoms with Crippen LogP contribution in [0.15, 0.2) is 72.8 Å². The zero-order chi connectivity index (χ0) is 69.6. The molecule has 2 saturated carbocycles. The zero-order valence-electron chi connectivity index (χ0n) is 59.0. The van der Waals surface area contributed by atoms with Crippen LogP contribution in [0.1, 0.15) is 157 Å². The topological polar surface area (TPSA) is 255 Å². The van der Waals surface area contributed by atoms with Crippen LogP contribution in [-0.2, 0) is 83.3 Å². The van der Waals surface area contributed by atoms with Gasteiger partial charge in [0.25, 0.3) is 0 Å². The first-order valence-corrected chi connectivity index (χ1v) is 36.6. The lowest BCUT2D eigenvalue weighted by Gasteiger charge is -2.32. The van der Waals surface area contributed by atoms with Gasteiger partial charge in [0, 0.05) is 88.9 Å². The monoisotopic (exact) mass is 1480 g/mol. The van der Waals surface area contributed by atoms with Gasteiger partial charge >= 0.3 is 23.9 Å². The molecule has 98 heavy (non-hydrogen) atoms. The second-order valence-corrected chi connectivity index (χ2v) is 30.5. The van der Waals surface area contributed by atoms with Gasteiger partial charge in [-0.15, -0.1) is 17.0 Å². The van der Waals surface area contributed by atoms with E-state index in [2.05, 4.69) is 75.2 Å². The number of likely N-dealkylation sites (tertiary alicyclic amines) is 1. The number of halogens is 2. The summed E-state index contributed by atoms with van der Waals surface area (Å²) in [6.45, 7) is 19.1. The molecule has 0 spiro atoms.